The van der Waals surface area contributed by atoms with Crippen molar-refractivity contribution in [3.05, 3.63) is 33.7 Å². The Morgan fingerprint density at radius 1 is 1.56 bits per heavy atom. The largest absolute Gasteiger partial charge is 0.386 e. The fourth-order valence-corrected chi connectivity index (χ4v) is 2.34. The molecule has 5 heteroatoms. The number of H-pyrrole nitrogens is 1. The van der Waals surface area contributed by atoms with E-state index in [4.69, 9.17) is 0 Å². The van der Waals surface area contributed by atoms with E-state index < -0.39 is 5.60 Å². The van der Waals surface area contributed by atoms with Crippen molar-refractivity contribution in [1.82, 2.24) is 9.88 Å². The fourth-order valence-electron chi connectivity index (χ4n) is 2.34. The molecule has 0 bridgehead atoms. The van der Waals surface area contributed by atoms with Gasteiger partial charge in [-0.25, -0.2) is 0 Å². The van der Waals surface area contributed by atoms with Crippen LogP contribution in [0.3, 0.4) is 0 Å². The molecule has 2 rings (SSSR count). The van der Waals surface area contributed by atoms with Crippen molar-refractivity contribution in [3.8, 4) is 0 Å². The first-order chi connectivity index (χ1) is 8.45. The van der Waals surface area contributed by atoms with Gasteiger partial charge in [-0.15, -0.1) is 0 Å². The van der Waals surface area contributed by atoms with Gasteiger partial charge in [0, 0.05) is 18.0 Å². The second kappa shape index (κ2) is 4.57. The first kappa shape index (κ1) is 12.8. The number of β-amino-alcohol motifs (C(OH)–C–C–N with tert-alkyl or cyclic N) is 1. The highest BCUT2D eigenvalue weighted by molar-refractivity contribution is 5.94. The first-order valence-electron chi connectivity index (χ1n) is 6.16. The van der Waals surface area contributed by atoms with Crippen molar-refractivity contribution in [1.29, 1.82) is 0 Å². The summed E-state index contributed by atoms with van der Waals surface area (Å²) in [4.78, 5) is 28.1. The Balaban J connectivity index is 2.08. The highest BCUT2D eigenvalue weighted by atomic mass is 16.3. The molecule has 1 aliphatic rings. The van der Waals surface area contributed by atoms with Crippen molar-refractivity contribution in [2.24, 2.45) is 0 Å². The predicted molar refractivity (Wildman–Crippen MR) is 67.6 cm³/mol. The highest BCUT2D eigenvalue weighted by Gasteiger charge is 2.43. The minimum Gasteiger partial charge on any atom is -0.386 e. The lowest BCUT2D eigenvalue weighted by Gasteiger charge is -2.46. The summed E-state index contributed by atoms with van der Waals surface area (Å²) < 4.78 is 0. The van der Waals surface area contributed by atoms with Gasteiger partial charge in [-0.3, -0.25) is 9.59 Å². The summed E-state index contributed by atoms with van der Waals surface area (Å²) in [6.45, 7) is 4.38. The molecule has 1 fully saturated rings. The van der Waals surface area contributed by atoms with Gasteiger partial charge < -0.3 is 15.0 Å². The molecule has 18 heavy (non-hydrogen) atoms. The lowest BCUT2D eigenvalue weighted by atomic mass is 9.89. The molecule has 1 aromatic rings. The summed E-state index contributed by atoms with van der Waals surface area (Å²) in [6, 6.07) is 1.41. The van der Waals surface area contributed by atoms with E-state index in [-0.39, 0.29) is 16.9 Å². The van der Waals surface area contributed by atoms with Gasteiger partial charge in [-0.1, -0.05) is 13.3 Å². The quantitative estimate of drug-likeness (QED) is 0.828. The third-order valence-electron chi connectivity index (χ3n) is 3.26. The monoisotopic (exact) mass is 250 g/mol. The molecule has 0 atom stereocenters. The summed E-state index contributed by atoms with van der Waals surface area (Å²) in [6.07, 6.45) is 3.00. The van der Waals surface area contributed by atoms with Crippen molar-refractivity contribution in [2.45, 2.75) is 32.3 Å². The van der Waals surface area contributed by atoms with Crippen LogP contribution in [0.2, 0.25) is 0 Å². The van der Waals surface area contributed by atoms with Gasteiger partial charge in [-0.05, 0) is 13.3 Å². The van der Waals surface area contributed by atoms with Gasteiger partial charge >= 0.3 is 0 Å². The van der Waals surface area contributed by atoms with Gasteiger partial charge in [0.05, 0.1) is 18.7 Å². The Morgan fingerprint density at radius 3 is 2.78 bits per heavy atom. The van der Waals surface area contributed by atoms with Crippen LogP contribution in [0.4, 0.5) is 0 Å². The molecule has 5 nitrogen and oxygen atoms in total. The average Bonchev–Trinajstić information content (AvgIpc) is 2.25. The van der Waals surface area contributed by atoms with Crippen LogP contribution >= 0.6 is 0 Å². The highest BCUT2D eigenvalue weighted by Crippen LogP contribution is 2.26. The van der Waals surface area contributed by atoms with Crippen molar-refractivity contribution in [2.75, 3.05) is 13.1 Å². The van der Waals surface area contributed by atoms with Crippen LogP contribution in [0.5, 0.6) is 0 Å². The lowest BCUT2D eigenvalue weighted by Crippen LogP contribution is -2.63. The van der Waals surface area contributed by atoms with Crippen LogP contribution in [-0.4, -0.2) is 39.6 Å². The zero-order chi connectivity index (χ0) is 13.3. The molecule has 0 aromatic carbocycles. The standard InChI is InChI=1S/C13H18N2O3/c1-3-4-13(18)7-15(8-13)12(17)10-6-14-9(2)5-11(10)16/h5-6,18H,3-4,7-8H2,1-2H3,(H,14,16). The molecule has 0 radical (unpaired) electrons. The van der Waals surface area contributed by atoms with E-state index in [1.165, 1.54) is 17.2 Å². The van der Waals surface area contributed by atoms with Gasteiger partial charge in [0.15, 0.2) is 5.43 Å². The summed E-state index contributed by atoms with van der Waals surface area (Å²) >= 11 is 0. The predicted octanol–water partition coefficient (Wildman–Crippen LogP) is 0.670. The van der Waals surface area contributed by atoms with Crippen molar-refractivity contribution in [3.63, 3.8) is 0 Å². The number of pyridine rings is 1. The van der Waals surface area contributed by atoms with E-state index in [2.05, 4.69) is 4.98 Å². The maximum Gasteiger partial charge on any atom is 0.259 e. The molecule has 2 heterocycles. The number of amides is 1. The number of likely N-dealkylation sites (tertiary alicyclic amines) is 1. The smallest absolute Gasteiger partial charge is 0.259 e. The molecular formula is C13H18N2O3. The second-order valence-corrected chi connectivity index (χ2v) is 5.03. The number of aromatic nitrogens is 1. The number of carbonyl (C=O) groups is 1. The zero-order valence-electron chi connectivity index (χ0n) is 10.7. The van der Waals surface area contributed by atoms with Crippen LogP contribution in [0.1, 0.15) is 35.8 Å². The van der Waals surface area contributed by atoms with Crippen LogP contribution < -0.4 is 5.43 Å². The minimum absolute atomic E-state index is 0.138. The second-order valence-electron chi connectivity index (χ2n) is 5.03. The zero-order valence-corrected chi connectivity index (χ0v) is 10.7. The van der Waals surface area contributed by atoms with Crippen LogP contribution in [0.25, 0.3) is 0 Å². The van der Waals surface area contributed by atoms with Gasteiger partial charge in [0.2, 0.25) is 0 Å². The number of rotatable bonds is 3. The normalized spacial score (nSPS) is 17.4. The van der Waals surface area contributed by atoms with E-state index >= 15 is 0 Å². The van der Waals surface area contributed by atoms with Gasteiger partial charge in [0.25, 0.3) is 5.91 Å². The van der Waals surface area contributed by atoms with Crippen molar-refractivity contribution >= 4 is 5.91 Å². The number of aromatic amines is 1. The molecule has 1 amide bonds. The Bertz CT molecular complexity index is 515. The number of hydrogen-bond donors (Lipinski definition) is 2. The van der Waals surface area contributed by atoms with Crippen LogP contribution in [0.15, 0.2) is 17.1 Å². The summed E-state index contributed by atoms with van der Waals surface area (Å²) in [5.74, 6) is -0.308. The molecular weight excluding hydrogens is 232 g/mol. The molecule has 1 aliphatic heterocycles. The molecule has 98 valence electrons. The number of nitrogens with one attached hydrogen (secondary N) is 1. The molecule has 0 aliphatic carbocycles. The number of nitrogens with zero attached hydrogens (tertiary/aromatic N) is 1. The van der Waals surface area contributed by atoms with Gasteiger partial charge in [-0.2, -0.15) is 0 Å². The molecule has 0 saturated carbocycles. The Hall–Kier alpha value is -1.62. The molecule has 1 saturated heterocycles. The summed E-state index contributed by atoms with van der Waals surface area (Å²) in [7, 11) is 0. The number of carbonyl (C=O) groups excluding carboxylic acids is 1. The molecule has 2 N–H and O–H groups in total. The lowest BCUT2D eigenvalue weighted by molar-refractivity contribution is -0.0860. The third-order valence-corrected chi connectivity index (χ3v) is 3.26. The topological polar surface area (TPSA) is 73.4 Å². The average molecular weight is 250 g/mol. The number of aryl methyl sites for hydroxylation is 1. The number of hydrogen-bond acceptors (Lipinski definition) is 3. The van der Waals surface area contributed by atoms with E-state index in [1.807, 2.05) is 6.92 Å². The van der Waals surface area contributed by atoms with E-state index in [1.54, 1.807) is 6.92 Å². The number of aliphatic hydroxyl groups is 1. The van der Waals surface area contributed by atoms with E-state index in [0.717, 1.165) is 12.1 Å². The van der Waals surface area contributed by atoms with E-state index in [9.17, 15) is 14.7 Å². The SMILES string of the molecule is CCCC1(O)CN(C(=O)c2c[nH]c(C)cc2=O)C1. The Labute approximate surface area is 105 Å². The van der Waals surface area contributed by atoms with Crippen LogP contribution in [-0.2, 0) is 0 Å². The Morgan fingerprint density at radius 2 is 2.22 bits per heavy atom. The molecule has 0 unspecified atom stereocenters. The molecule has 1 aromatic heterocycles. The minimum atomic E-state index is -0.762. The Kier molecular flexibility index (Phi) is 3.26. The summed E-state index contributed by atoms with van der Waals surface area (Å²) in [5.41, 5.74) is -0.175. The maximum absolute atomic E-state index is 12.0. The third kappa shape index (κ3) is 2.31. The van der Waals surface area contributed by atoms with Crippen LogP contribution in [0, 0.1) is 6.92 Å². The fraction of sp³-hybridized carbons (Fsp3) is 0.538. The summed E-state index contributed by atoms with van der Waals surface area (Å²) in [5, 5.41) is 10.0. The first-order valence-corrected chi connectivity index (χ1v) is 6.16. The van der Waals surface area contributed by atoms with Gasteiger partial charge in [0.1, 0.15) is 5.56 Å². The van der Waals surface area contributed by atoms with Crippen molar-refractivity contribution < 1.29 is 9.90 Å². The van der Waals surface area contributed by atoms with E-state index in [0.29, 0.717) is 19.5 Å². The maximum atomic E-state index is 12.0. The molecule has 0 spiro atoms.